The van der Waals surface area contributed by atoms with Crippen molar-refractivity contribution in [2.45, 2.75) is 38.7 Å². The third kappa shape index (κ3) is 7.32. The second-order valence-corrected chi connectivity index (χ2v) is 14.9. The molecule has 5 nitrogen and oxygen atoms in total. The third-order valence-corrected chi connectivity index (χ3v) is 10.2. The van der Waals surface area contributed by atoms with Crippen LogP contribution >= 0.6 is 0 Å². The summed E-state index contributed by atoms with van der Waals surface area (Å²) in [5.41, 5.74) is 5.90. The smallest absolute Gasteiger partial charge is 0.137 e. The summed E-state index contributed by atoms with van der Waals surface area (Å²) in [7, 11) is 0. The Morgan fingerprint density at radius 2 is 1.33 bits per heavy atom. The Bertz CT molecular complexity index is 3020. The number of ether oxygens (including phenoxy) is 1. The summed E-state index contributed by atoms with van der Waals surface area (Å²) in [6, 6.07) is 27.6. The van der Waals surface area contributed by atoms with E-state index in [1.165, 1.54) is 0 Å². The highest BCUT2D eigenvalue weighted by Crippen LogP contribution is 2.50. The van der Waals surface area contributed by atoms with Crippen molar-refractivity contribution in [2.75, 3.05) is 21.4 Å². The minimum Gasteiger partial charge on any atom is -0.486 e. The Kier molecular flexibility index (Phi) is 7.03. The molecule has 1 atom stereocenters. The lowest BCUT2D eigenvalue weighted by Crippen LogP contribution is -2.25. The molecule has 0 fully saturated rings. The van der Waals surface area contributed by atoms with Crippen LogP contribution in [0.15, 0.2) is 188 Å². The molecular weight excluding hydrogens is 697 g/mol. The van der Waals surface area contributed by atoms with Crippen LogP contribution in [0.4, 0.5) is 34.3 Å². The van der Waals surface area contributed by atoms with E-state index in [0.717, 1.165) is 34.0 Å². The van der Waals surface area contributed by atoms with Crippen molar-refractivity contribution in [3.05, 3.63) is 199 Å². The maximum atomic E-state index is 9.01. The zero-order chi connectivity index (χ0) is 47.5. The molecule has 3 heterocycles. The summed E-state index contributed by atoms with van der Waals surface area (Å²) in [5, 5.41) is 0. The van der Waals surface area contributed by atoms with Gasteiger partial charge in [-0.15, -0.1) is 0 Å². The van der Waals surface area contributed by atoms with Crippen molar-refractivity contribution < 1.29 is 18.4 Å². The molecule has 7 aromatic rings. The molecule has 0 N–H and O–H groups in total. The molecule has 0 aliphatic carbocycles. The molecule has 2 aliphatic rings. The number of hydrogen-bond acceptors (Lipinski definition) is 5. The normalized spacial score (nSPS) is 18.1. The molecule has 0 amide bonds. The summed E-state index contributed by atoms with van der Waals surface area (Å²) in [5.74, 6) is 1.39. The Balaban J connectivity index is 1.13. The molecule has 1 unspecified atom stereocenters. The first-order chi connectivity index (χ1) is 32.0. The van der Waals surface area contributed by atoms with Crippen LogP contribution in [-0.4, -0.2) is 17.8 Å². The average molecular weight is 753 g/mol. The van der Waals surface area contributed by atoms with Gasteiger partial charge in [0.15, 0.2) is 0 Å². The van der Waals surface area contributed by atoms with Gasteiger partial charge in [-0.1, -0.05) is 148 Å². The van der Waals surface area contributed by atoms with Crippen molar-refractivity contribution in [1.29, 1.82) is 0 Å². The molecule has 57 heavy (non-hydrogen) atoms. The van der Waals surface area contributed by atoms with E-state index in [2.05, 4.69) is 60.9 Å². The first-order valence-corrected chi connectivity index (χ1v) is 18.9. The van der Waals surface area contributed by atoms with Gasteiger partial charge < -0.3 is 19.4 Å². The topological polar surface area (TPSA) is 31.8 Å². The van der Waals surface area contributed by atoms with Crippen molar-refractivity contribution in [1.82, 2.24) is 4.98 Å². The quantitative estimate of drug-likeness (QED) is 0.162. The molecule has 0 bridgehead atoms. The minimum atomic E-state index is -0.548. The van der Waals surface area contributed by atoms with E-state index in [1.54, 1.807) is 18.2 Å². The van der Waals surface area contributed by atoms with Crippen LogP contribution in [0.1, 0.15) is 52.0 Å². The van der Waals surface area contributed by atoms with Crippen LogP contribution in [-0.2, 0) is 5.41 Å². The van der Waals surface area contributed by atoms with E-state index >= 15 is 0 Å². The maximum absolute atomic E-state index is 9.01. The van der Waals surface area contributed by atoms with Gasteiger partial charge in [-0.3, -0.25) is 0 Å². The molecule has 0 spiro atoms. The standard InChI is InChI=1S/C52H46N4O/c1-52(2,3)41-31-33-53-50(35-41)54-34-32-43(24-14-22-40-21-10-11-28-47(40)54)57-44-25-15-23-42(36-44)55-37-56(49-30-13-12-29-48(49)55)51-45(38-17-6-4-7-18-38)26-16-27-46(51)39-19-8-5-9-20-39/h4-23,25-36,43H,24,37H2,1-3H3/b22-14+,34-32?/i4D,5D,6D,7D,8D,9D,17D,18D,19D,20D. The third-order valence-electron chi connectivity index (χ3n) is 10.2. The lowest BCUT2D eigenvalue weighted by atomic mass is 9.88. The van der Waals surface area contributed by atoms with E-state index in [-0.39, 0.29) is 40.4 Å². The number of fused-ring (bicyclic) bond motifs is 2. The number of nitrogens with zero attached hydrogens (tertiary/aromatic N) is 4. The van der Waals surface area contributed by atoms with Crippen molar-refractivity contribution in [3.8, 4) is 28.0 Å². The molecule has 9 rings (SSSR count). The van der Waals surface area contributed by atoms with Gasteiger partial charge in [0.1, 0.15) is 24.3 Å². The van der Waals surface area contributed by atoms with Crippen molar-refractivity contribution in [3.63, 3.8) is 0 Å². The monoisotopic (exact) mass is 752 g/mol. The predicted molar refractivity (Wildman–Crippen MR) is 238 cm³/mol. The number of anilines is 6. The molecule has 2 aliphatic heterocycles. The fourth-order valence-corrected chi connectivity index (χ4v) is 7.35. The number of rotatable bonds is 7. The highest BCUT2D eigenvalue weighted by atomic mass is 16.5. The number of hydrogen-bond donors (Lipinski definition) is 0. The van der Waals surface area contributed by atoms with Gasteiger partial charge >= 0.3 is 0 Å². The van der Waals surface area contributed by atoms with Gasteiger partial charge in [0, 0.05) is 41.7 Å². The molecule has 0 radical (unpaired) electrons. The van der Waals surface area contributed by atoms with Crippen LogP contribution in [0.3, 0.4) is 0 Å². The fraction of sp³-hybridized carbons (Fsp3) is 0.135. The van der Waals surface area contributed by atoms with Gasteiger partial charge in [-0.05, 0) is 76.2 Å². The zero-order valence-electron chi connectivity index (χ0n) is 41.9. The second kappa shape index (κ2) is 15.4. The van der Waals surface area contributed by atoms with Crippen LogP contribution < -0.4 is 19.4 Å². The summed E-state index contributed by atoms with van der Waals surface area (Å²) in [6.45, 7) is 6.67. The minimum absolute atomic E-state index is 0.0790. The van der Waals surface area contributed by atoms with E-state index in [4.69, 9.17) is 23.4 Å². The van der Waals surface area contributed by atoms with E-state index in [1.807, 2.05) is 90.1 Å². The maximum Gasteiger partial charge on any atom is 0.137 e. The van der Waals surface area contributed by atoms with Gasteiger partial charge in [-0.2, -0.15) is 0 Å². The average Bonchev–Trinajstić information content (AvgIpc) is 3.74. The number of aromatic nitrogens is 1. The van der Waals surface area contributed by atoms with E-state index < -0.39 is 60.4 Å². The molecule has 280 valence electrons. The Hall–Kier alpha value is -6.85. The highest BCUT2D eigenvalue weighted by Gasteiger charge is 2.31. The number of benzene rings is 6. The van der Waals surface area contributed by atoms with Crippen LogP contribution in [0.2, 0.25) is 0 Å². The first kappa shape index (κ1) is 26.1. The lowest BCUT2D eigenvalue weighted by molar-refractivity contribution is 0.253. The number of pyridine rings is 1. The lowest BCUT2D eigenvalue weighted by Gasteiger charge is -2.27. The van der Waals surface area contributed by atoms with Gasteiger partial charge in [-0.25, -0.2) is 4.98 Å². The first-order valence-electron chi connectivity index (χ1n) is 23.9. The van der Waals surface area contributed by atoms with Gasteiger partial charge in [0.05, 0.1) is 36.5 Å². The van der Waals surface area contributed by atoms with Gasteiger partial charge in [0.2, 0.25) is 0 Å². The molecule has 0 saturated heterocycles. The van der Waals surface area contributed by atoms with Crippen LogP contribution in [0.25, 0.3) is 28.3 Å². The van der Waals surface area contributed by atoms with Gasteiger partial charge in [0.25, 0.3) is 0 Å². The zero-order valence-corrected chi connectivity index (χ0v) is 31.9. The fourth-order valence-electron chi connectivity index (χ4n) is 7.35. The van der Waals surface area contributed by atoms with Crippen molar-refractivity contribution >= 4 is 40.3 Å². The summed E-state index contributed by atoms with van der Waals surface area (Å²) in [4.78, 5) is 10.8. The van der Waals surface area contributed by atoms with Crippen LogP contribution in [0.5, 0.6) is 5.75 Å². The summed E-state index contributed by atoms with van der Waals surface area (Å²) >= 11 is 0. The summed E-state index contributed by atoms with van der Waals surface area (Å²) < 4.78 is 93.7. The highest BCUT2D eigenvalue weighted by molar-refractivity contribution is 5.98. The molecule has 0 saturated carbocycles. The number of para-hydroxylation sites is 4. The summed E-state index contributed by atoms with van der Waals surface area (Å²) in [6.07, 6.45) is 10.3. The SMILES string of the molecule is [2H]c1c([2H])c([2H])c(-c2cccc(-c3c([2H])c([2H])c([2H])c([2H])c3[2H])c2N2CN(c3cccc(OC4C=CN(c5cc(C(C)(C)C)ccn5)c5ccccc5/C=C/C4)c3)c3ccccc32)c([2H])c1[2H]. The largest absolute Gasteiger partial charge is 0.486 e. The van der Waals surface area contributed by atoms with Crippen molar-refractivity contribution in [2.24, 2.45) is 0 Å². The predicted octanol–water partition coefficient (Wildman–Crippen LogP) is 13.5. The Morgan fingerprint density at radius 3 is 2.04 bits per heavy atom. The Labute approximate surface area is 350 Å². The molecular formula is C52H46N4O. The molecule has 6 aromatic carbocycles. The molecule has 1 aromatic heterocycles. The van der Waals surface area contributed by atoms with Crippen LogP contribution in [0, 0.1) is 0 Å². The molecule has 5 heteroatoms. The second-order valence-electron chi connectivity index (χ2n) is 14.9. The van der Waals surface area contributed by atoms with E-state index in [9.17, 15) is 0 Å². The Morgan fingerprint density at radius 1 is 0.684 bits per heavy atom. The van der Waals surface area contributed by atoms with E-state index in [0.29, 0.717) is 23.5 Å².